The quantitative estimate of drug-likeness (QED) is 0.147. The summed E-state index contributed by atoms with van der Waals surface area (Å²) in [6.07, 6.45) is 2.08. The fourth-order valence-electron chi connectivity index (χ4n) is 11.6. The average Bonchev–Trinajstić information content (AvgIpc) is 1.02. The molecule has 6 atom stereocenters. The molecule has 5 heterocycles. The molecule has 7 rings (SSSR count). The first kappa shape index (κ1) is 68.0. The van der Waals surface area contributed by atoms with Gasteiger partial charge in [-0.1, -0.05) is 64.1 Å². The highest BCUT2D eigenvalue weighted by Crippen LogP contribution is 2.26. The highest BCUT2D eigenvalue weighted by molar-refractivity contribution is 6.03. The Morgan fingerprint density at radius 2 is 0.856 bits per heavy atom. The van der Waals surface area contributed by atoms with E-state index in [1.54, 1.807) is 76.2 Å². The zero-order valence-corrected chi connectivity index (χ0v) is 52.6. The van der Waals surface area contributed by atoms with Gasteiger partial charge < -0.3 is 70.7 Å². The first-order chi connectivity index (χ1) is 42.6. The summed E-state index contributed by atoms with van der Waals surface area (Å²) in [5.41, 5.74) is -0.160. The molecular formula is C62H82N14O14. The summed E-state index contributed by atoms with van der Waals surface area (Å²) in [7, 11) is 8.07. The van der Waals surface area contributed by atoms with E-state index in [9.17, 15) is 67.7 Å². The summed E-state index contributed by atoms with van der Waals surface area (Å²) >= 11 is 0. The number of piperidine rings is 2. The molecule has 3 saturated heterocycles. The van der Waals surface area contributed by atoms with Crippen molar-refractivity contribution < 1.29 is 67.7 Å². The molecule has 2 aromatic carbocycles. The lowest BCUT2D eigenvalue weighted by Crippen LogP contribution is -2.61. The molecule has 12 amide bonds. The zero-order chi connectivity index (χ0) is 66.0. The molecule has 0 bridgehead atoms. The van der Waals surface area contributed by atoms with Gasteiger partial charge in [0.15, 0.2) is 11.4 Å². The highest BCUT2D eigenvalue weighted by Gasteiger charge is 2.43. The topological polar surface area (TPSA) is 345 Å². The van der Waals surface area contributed by atoms with Crippen LogP contribution in [0.15, 0.2) is 60.7 Å². The number of aromatic nitrogens is 2. The van der Waals surface area contributed by atoms with Gasteiger partial charge in [-0.05, 0) is 74.6 Å². The Hall–Kier alpha value is -9.50. The Morgan fingerprint density at radius 1 is 0.500 bits per heavy atom. The van der Waals surface area contributed by atoms with Gasteiger partial charge in [0.05, 0.1) is 37.2 Å². The summed E-state index contributed by atoms with van der Waals surface area (Å²) in [6, 6.07) is 8.04. The number of rotatable bonds is 6. The number of hydrogen-bond acceptors (Lipinski definition) is 16. The van der Waals surface area contributed by atoms with Crippen LogP contribution >= 0.6 is 0 Å². The van der Waals surface area contributed by atoms with Crippen molar-refractivity contribution in [1.29, 1.82) is 0 Å². The smallest absolute Gasteiger partial charge is 0.274 e. The molecule has 0 radical (unpaired) electrons. The number of likely N-dealkylation sites (N-methyl/N-ethyl adjacent to an activating group) is 6. The molecule has 3 aliphatic heterocycles. The van der Waals surface area contributed by atoms with Crippen LogP contribution in [-0.4, -0.2) is 261 Å². The molecular weight excluding hydrogens is 1160 g/mol. The van der Waals surface area contributed by atoms with Crippen molar-refractivity contribution in [2.75, 3.05) is 94.6 Å². The van der Waals surface area contributed by atoms with Crippen molar-refractivity contribution in [3.8, 4) is 11.5 Å². The molecule has 0 unspecified atom stereocenters. The third-order valence-electron chi connectivity index (χ3n) is 16.7. The minimum Gasteiger partial charge on any atom is -0.505 e. The number of para-hydroxylation sites is 2. The molecule has 28 heteroatoms. The Bertz CT molecular complexity index is 3210. The SMILES string of the molecule is CC(C)[C@H]1C(=O)N(C)C[C@@H](NC(=O)c2nc3ccccc3cc2O)C(=O)N2CCCC[C@H]2C(=O)NCC(=O)N(C)CC(=O)N(C)[C@@H](C(C)C)C(=O)N(C)C[C@@H](NC(=O)c2nc3ccccc3cc2O)C(=O)N2CCCC[C@H]2C(=O)NCC(=O)N(C)CC(=O)N1C. The second kappa shape index (κ2) is 29.7. The lowest BCUT2D eigenvalue weighted by atomic mass is 9.99. The standard InChI is InChI=1S/C62H82N14O14/c1-35(2)53-61(89)71(7)31-41(67-57(85)51-45(77)27-37-19-11-13-21-39(37)65-51)59(87)75-25-17-15-23-43(75)55(83)64-30-48(80)70(6)34-50(82)74(10)54(36(3)4)62(90)72(8)32-42(68-58(86)52-46(78)28-38-20-12-14-22-40(38)66-52)60(88)76-26-18-16-24-44(76)56(84)63-29-47(79)69(5)33-49(81)73(53)9/h11-14,19-22,27-28,35-36,41-44,53-54,77-78H,15-18,23-26,29-34H2,1-10H3,(H,63,84)(H,64,83)(H,67,85)(H,68,86)/t41-,42-,43+,44+,53+,54+/m1/s1. The van der Waals surface area contributed by atoms with E-state index in [0.717, 1.165) is 29.4 Å². The zero-order valence-electron chi connectivity index (χ0n) is 52.6. The van der Waals surface area contributed by atoms with Gasteiger partial charge in [-0.15, -0.1) is 0 Å². The van der Waals surface area contributed by atoms with Crippen molar-refractivity contribution in [2.45, 2.75) is 102 Å². The Balaban J connectivity index is 1.20. The predicted octanol–water partition coefficient (Wildman–Crippen LogP) is -0.101. The monoisotopic (exact) mass is 1250 g/mol. The Labute approximate surface area is 521 Å². The normalized spacial score (nSPS) is 23.0. The van der Waals surface area contributed by atoms with E-state index in [4.69, 9.17) is 0 Å². The molecule has 3 fully saturated rings. The van der Waals surface area contributed by atoms with E-state index >= 15 is 0 Å². The molecule has 0 aliphatic carbocycles. The largest absolute Gasteiger partial charge is 0.505 e. The molecule has 4 aromatic rings. The number of carbonyl (C=O) groups excluding carboxylic acids is 12. The number of hydrogen-bond donors (Lipinski definition) is 6. The fraction of sp³-hybridized carbons (Fsp3) is 0.516. The number of nitrogens with zero attached hydrogens (tertiary/aromatic N) is 10. The second-order valence-electron chi connectivity index (χ2n) is 24.0. The van der Waals surface area contributed by atoms with Crippen molar-refractivity contribution in [3.63, 3.8) is 0 Å². The van der Waals surface area contributed by atoms with Gasteiger partial charge in [0.1, 0.15) is 47.8 Å². The first-order valence-electron chi connectivity index (χ1n) is 30.0. The average molecular weight is 1250 g/mol. The van der Waals surface area contributed by atoms with Gasteiger partial charge in [0.25, 0.3) is 11.8 Å². The van der Waals surface area contributed by atoms with Crippen molar-refractivity contribution in [1.82, 2.24) is 70.4 Å². The minimum absolute atomic E-state index is 0.0137. The number of fused-ring (bicyclic) bond motifs is 4. The van der Waals surface area contributed by atoms with Crippen molar-refractivity contribution in [3.05, 3.63) is 72.1 Å². The van der Waals surface area contributed by atoms with Gasteiger partial charge >= 0.3 is 0 Å². The van der Waals surface area contributed by atoms with Crippen LogP contribution in [0.25, 0.3) is 21.8 Å². The van der Waals surface area contributed by atoms with Gasteiger partial charge in [-0.3, -0.25) is 57.5 Å². The minimum atomic E-state index is -1.60. The third kappa shape index (κ3) is 15.8. The molecule has 90 heavy (non-hydrogen) atoms. The summed E-state index contributed by atoms with van der Waals surface area (Å²) in [5, 5.41) is 33.5. The van der Waals surface area contributed by atoms with Crippen LogP contribution in [0, 0.1) is 11.8 Å². The molecule has 3 aliphatic rings. The van der Waals surface area contributed by atoms with Crippen LogP contribution in [0.5, 0.6) is 11.5 Å². The third-order valence-corrected chi connectivity index (χ3v) is 16.7. The van der Waals surface area contributed by atoms with Crippen LogP contribution in [0.2, 0.25) is 0 Å². The van der Waals surface area contributed by atoms with E-state index in [1.165, 1.54) is 64.2 Å². The molecule has 28 nitrogen and oxygen atoms in total. The lowest BCUT2D eigenvalue weighted by molar-refractivity contribution is -0.149. The van der Waals surface area contributed by atoms with Gasteiger partial charge in [0, 0.05) is 79.2 Å². The second-order valence-corrected chi connectivity index (χ2v) is 24.0. The maximum absolute atomic E-state index is 15.0. The maximum atomic E-state index is 15.0. The molecule has 484 valence electrons. The molecule has 6 N–H and O–H groups in total. The van der Waals surface area contributed by atoms with E-state index in [0.29, 0.717) is 47.5 Å². The van der Waals surface area contributed by atoms with Crippen LogP contribution in [-0.2, 0) is 47.9 Å². The van der Waals surface area contributed by atoms with Crippen LogP contribution in [0.4, 0.5) is 0 Å². The Kier molecular flexibility index (Phi) is 22.4. The number of aromatic hydroxyl groups is 2. The van der Waals surface area contributed by atoms with Crippen LogP contribution in [0.1, 0.15) is 87.2 Å². The fourth-order valence-corrected chi connectivity index (χ4v) is 11.6. The number of pyridine rings is 2. The summed E-state index contributed by atoms with van der Waals surface area (Å²) in [5.74, 6) is -11.4. The molecule has 2 aromatic heterocycles. The summed E-state index contributed by atoms with van der Waals surface area (Å²) in [6.45, 7) is 3.27. The lowest BCUT2D eigenvalue weighted by Gasteiger charge is -2.39. The number of amides is 12. The van der Waals surface area contributed by atoms with E-state index in [2.05, 4.69) is 31.2 Å². The molecule has 0 saturated carbocycles. The van der Waals surface area contributed by atoms with Gasteiger partial charge in [-0.2, -0.15) is 0 Å². The first-order valence-corrected chi connectivity index (χ1v) is 30.0. The van der Waals surface area contributed by atoms with Gasteiger partial charge in [0.2, 0.25) is 59.1 Å². The predicted molar refractivity (Wildman–Crippen MR) is 327 cm³/mol. The van der Waals surface area contributed by atoms with E-state index < -0.39 is 181 Å². The highest BCUT2D eigenvalue weighted by atomic mass is 16.3. The van der Waals surface area contributed by atoms with Crippen molar-refractivity contribution >= 4 is 92.7 Å². The number of benzene rings is 2. The van der Waals surface area contributed by atoms with Gasteiger partial charge in [-0.25, -0.2) is 9.97 Å². The summed E-state index contributed by atoms with van der Waals surface area (Å²) < 4.78 is 0. The van der Waals surface area contributed by atoms with E-state index in [-0.39, 0.29) is 25.9 Å². The van der Waals surface area contributed by atoms with E-state index in [1.807, 2.05) is 0 Å². The summed E-state index contributed by atoms with van der Waals surface area (Å²) in [4.78, 5) is 190. The van der Waals surface area contributed by atoms with Crippen LogP contribution in [0.3, 0.4) is 0 Å². The molecule has 0 spiro atoms. The van der Waals surface area contributed by atoms with Crippen LogP contribution < -0.4 is 21.3 Å². The number of nitrogens with one attached hydrogen (secondary N) is 4. The van der Waals surface area contributed by atoms with Crippen molar-refractivity contribution in [2.24, 2.45) is 11.8 Å². The maximum Gasteiger partial charge on any atom is 0.274 e. The number of carbonyl (C=O) groups is 12. The Morgan fingerprint density at radius 3 is 1.21 bits per heavy atom.